The van der Waals surface area contributed by atoms with E-state index in [0.717, 1.165) is 11.4 Å². The summed E-state index contributed by atoms with van der Waals surface area (Å²) in [7, 11) is 2.01. The molecule has 2 heterocycles. The Morgan fingerprint density at radius 2 is 2.10 bits per heavy atom. The van der Waals surface area contributed by atoms with Gasteiger partial charge in [0.05, 0.1) is 0 Å². The Hall–Kier alpha value is -1.51. The first-order chi connectivity index (χ1) is 9.33. The summed E-state index contributed by atoms with van der Waals surface area (Å²) in [6, 6.07) is 8.26. The SMILES string of the molecule is CN1C=CN(C2=[C-]C=CC3c4ccccc4OC23)[CH-]1.[Ir]. The fourth-order valence-corrected chi connectivity index (χ4v) is 2.80. The second-order valence-electron chi connectivity index (χ2n) is 4.98. The Labute approximate surface area is 132 Å². The molecular formula is C16H14IrN2O-2. The van der Waals surface area contributed by atoms with Crippen molar-refractivity contribution >= 4 is 0 Å². The van der Waals surface area contributed by atoms with Crippen molar-refractivity contribution in [2.45, 2.75) is 12.0 Å². The van der Waals surface area contributed by atoms with Crippen LogP contribution in [0.25, 0.3) is 0 Å². The molecule has 0 spiro atoms. The Morgan fingerprint density at radius 3 is 2.90 bits per heavy atom. The second kappa shape index (κ2) is 5.12. The van der Waals surface area contributed by atoms with Gasteiger partial charge in [-0.2, -0.15) is 6.67 Å². The summed E-state index contributed by atoms with van der Waals surface area (Å²) >= 11 is 0. The zero-order chi connectivity index (χ0) is 12.8. The van der Waals surface area contributed by atoms with Crippen LogP contribution < -0.4 is 4.74 Å². The Bertz CT molecular complexity index is 608. The van der Waals surface area contributed by atoms with Crippen molar-refractivity contribution < 1.29 is 24.8 Å². The molecule has 3 aliphatic rings. The fraction of sp³-hybridized carbons (Fsp3) is 0.188. The van der Waals surface area contributed by atoms with E-state index in [4.69, 9.17) is 4.74 Å². The first kappa shape index (κ1) is 13.5. The van der Waals surface area contributed by atoms with E-state index in [1.165, 1.54) is 5.56 Å². The van der Waals surface area contributed by atoms with Crippen LogP contribution in [0.15, 0.2) is 54.5 Å². The van der Waals surface area contributed by atoms with Gasteiger partial charge in [-0.15, -0.1) is 0 Å². The number of hydrogen-bond acceptors (Lipinski definition) is 3. The van der Waals surface area contributed by atoms with Gasteiger partial charge >= 0.3 is 0 Å². The molecule has 2 atom stereocenters. The molecule has 0 saturated carbocycles. The van der Waals surface area contributed by atoms with E-state index in [-0.39, 0.29) is 26.2 Å². The molecule has 105 valence electrons. The van der Waals surface area contributed by atoms with Crippen LogP contribution in [0.2, 0.25) is 0 Å². The summed E-state index contributed by atoms with van der Waals surface area (Å²) in [5, 5.41) is 0. The molecule has 0 bridgehead atoms. The topological polar surface area (TPSA) is 15.7 Å². The minimum absolute atomic E-state index is 0. The van der Waals surface area contributed by atoms with Gasteiger partial charge in [0.1, 0.15) is 11.9 Å². The molecule has 0 saturated heterocycles. The van der Waals surface area contributed by atoms with Gasteiger partial charge in [0, 0.05) is 20.1 Å². The van der Waals surface area contributed by atoms with Gasteiger partial charge in [-0.25, -0.2) is 18.2 Å². The predicted octanol–water partition coefficient (Wildman–Crippen LogP) is 2.62. The van der Waals surface area contributed by atoms with E-state index in [1.54, 1.807) is 0 Å². The van der Waals surface area contributed by atoms with Crippen LogP contribution in [-0.4, -0.2) is 23.0 Å². The summed E-state index contributed by atoms with van der Waals surface area (Å²) in [5.74, 6) is 1.28. The number of nitrogens with zero attached hydrogens (tertiary/aromatic N) is 2. The number of benzene rings is 1. The van der Waals surface area contributed by atoms with Crippen LogP contribution in [0.1, 0.15) is 11.5 Å². The molecule has 20 heavy (non-hydrogen) atoms. The molecule has 2 aliphatic heterocycles. The van der Waals surface area contributed by atoms with Gasteiger partial charge in [-0.1, -0.05) is 23.9 Å². The number of para-hydroxylation sites is 1. The third-order valence-corrected chi connectivity index (χ3v) is 3.71. The third kappa shape index (κ3) is 2.00. The van der Waals surface area contributed by atoms with E-state index >= 15 is 0 Å². The van der Waals surface area contributed by atoms with Crippen molar-refractivity contribution in [1.82, 2.24) is 9.80 Å². The second-order valence-corrected chi connectivity index (χ2v) is 4.98. The standard InChI is InChI=1S/C16H14N2O.Ir/c1-17-9-10-18(11-17)14-7-4-6-13-12-5-2-3-8-15(12)19-16(13)14;/h2-6,8-11,13,16H,1H3;/q-2;. The number of rotatable bonds is 1. The monoisotopic (exact) mass is 443 g/mol. The molecule has 4 rings (SSSR count). The van der Waals surface area contributed by atoms with Crippen molar-refractivity contribution in [2.75, 3.05) is 7.05 Å². The minimum atomic E-state index is 0. The van der Waals surface area contributed by atoms with Crippen LogP contribution in [0, 0.1) is 12.7 Å². The van der Waals surface area contributed by atoms with Crippen LogP contribution in [0.5, 0.6) is 5.75 Å². The van der Waals surface area contributed by atoms with E-state index < -0.39 is 0 Å². The molecule has 0 amide bonds. The van der Waals surface area contributed by atoms with Gasteiger partial charge in [0.25, 0.3) is 0 Å². The summed E-state index contributed by atoms with van der Waals surface area (Å²) in [4.78, 5) is 4.09. The number of ether oxygens (including phenoxy) is 1. The zero-order valence-electron chi connectivity index (χ0n) is 11.0. The van der Waals surface area contributed by atoms with E-state index in [0.29, 0.717) is 5.92 Å². The third-order valence-electron chi connectivity index (χ3n) is 3.71. The number of fused-ring (bicyclic) bond motifs is 3. The largest absolute Gasteiger partial charge is 0.510 e. The predicted molar refractivity (Wildman–Crippen MR) is 72.5 cm³/mol. The van der Waals surface area contributed by atoms with Crippen LogP contribution in [0.4, 0.5) is 0 Å². The molecule has 1 radical (unpaired) electrons. The molecule has 2 unspecified atom stereocenters. The maximum absolute atomic E-state index is 6.11. The zero-order valence-corrected chi connectivity index (χ0v) is 13.4. The quantitative estimate of drug-likeness (QED) is 0.622. The van der Waals surface area contributed by atoms with Gasteiger partial charge < -0.3 is 14.5 Å². The van der Waals surface area contributed by atoms with Crippen molar-refractivity contribution in [3.63, 3.8) is 0 Å². The Morgan fingerprint density at radius 1 is 1.25 bits per heavy atom. The van der Waals surface area contributed by atoms with Gasteiger partial charge in [0.15, 0.2) is 0 Å². The molecule has 0 fully saturated rings. The van der Waals surface area contributed by atoms with E-state index in [1.807, 2.05) is 49.2 Å². The maximum atomic E-state index is 6.11. The average molecular weight is 443 g/mol. The molecule has 3 nitrogen and oxygen atoms in total. The number of allylic oxidation sites excluding steroid dienone is 2. The van der Waals surface area contributed by atoms with Gasteiger partial charge in [0.2, 0.25) is 0 Å². The molecule has 4 heteroatoms. The normalized spacial score (nSPS) is 25.8. The first-order valence-electron chi connectivity index (χ1n) is 6.42. The average Bonchev–Trinajstić information content (AvgIpc) is 3.02. The molecule has 1 aromatic carbocycles. The van der Waals surface area contributed by atoms with E-state index in [9.17, 15) is 0 Å². The van der Waals surface area contributed by atoms with E-state index in [2.05, 4.69) is 29.2 Å². The molecule has 0 aromatic heterocycles. The number of hydrogen-bond donors (Lipinski definition) is 0. The van der Waals surface area contributed by atoms with Crippen molar-refractivity contribution in [2.24, 2.45) is 0 Å². The summed E-state index contributed by atoms with van der Waals surface area (Å²) < 4.78 is 6.11. The fourth-order valence-electron chi connectivity index (χ4n) is 2.80. The van der Waals surface area contributed by atoms with Crippen molar-refractivity contribution in [3.05, 3.63) is 72.8 Å². The molecular weight excluding hydrogens is 428 g/mol. The van der Waals surface area contributed by atoms with Crippen molar-refractivity contribution in [3.8, 4) is 5.75 Å². The summed E-state index contributed by atoms with van der Waals surface area (Å²) in [6.07, 6.45) is 11.6. The van der Waals surface area contributed by atoms with Crippen LogP contribution in [-0.2, 0) is 20.1 Å². The van der Waals surface area contributed by atoms with Crippen LogP contribution >= 0.6 is 0 Å². The molecule has 0 N–H and O–H groups in total. The molecule has 1 aliphatic carbocycles. The van der Waals surface area contributed by atoms with Gasteiger partial charge in [-0.3, -0.25) is 0 Å². The molecule has 1 aromatic rings. The summed E-state index contributed by atoms with van der Waals surface area (Å²) in [6.45, 7) is 2.03. The Balaban J connectivity index is 0.00000121. The smallest absolute Gasteiger partial charge is 0.122 e. The maximum Gasteiger partial charge on any atom is 0.122 e. The van der Waals surface area contributed by atoms with Gasteiger partial charge in [-0.05, 0) is 37.0 Å². The minimum Gasteiger partial charge on any atom is -0.510 e. The first-order valence-corrected chi connectivity index (χ1v) is 6.42. The Kier molecular flexibility index (Phi) is 3.45. The van der Waals surface area contributed by atoms with Crippen LogP contribution in [0.3, 0.4) is 0 Å². The summed E-state index contributed by atoms with van der Waals surface area (Å²) in [5.41, 5.74) is 2.32. The van der Waals surface area contributed by atoms with Crippen molar-refractivity contribution in [1.29, 1.82) is 0 Å².